The molecule has 3 unspecified atom stereocenters. The first kappa shape index (κ1) is 16.7. The van der Waals surface area contributed by atoms with Crippen LogP contribution in [0.1, 0.15) is 32.1 Å². The fourth-order valence-corrected chi connectivity index (χ4v) is 4.07. The summed E-state index contributed by atoms with van der Waals surface area (Å²) in [5.41, 5.74) is -0.00979. The smallest absolute Gasteiger partial charge is 0.320 e. The molecule has 0 aromatic heterocycles. The minimum absolute atomic E-state index is 0.00979. The summed E-state index contributed by atoms with van der Waals surface area (Å²) in [5, 5.41) is 20.3. The predicted octanol–water partition coefficient (Wildman–Crippen LogP) is 2.69. The van der Waals surface area contributed by atoms with Crippen molar-refractivity contribution in [3.8, 4) is 5.75 Å². The van der Waals surface area contributed by atoms with Crippen molar-refractivity contribution in [3.05, 3.63) is 34.4 Å². The average molecular weight is 334 g/mol. The van der Waals surface area contributed by atoms with E-state index in [1.54, 1.807) is 12.1 Å². The molecule has 1 aromatic carbocycles. The van der Waals surface area contributed by atoms with Crippen LogP contribution in [0.4, 0.5) is 5.69 Å². The monoisotopic (exact) mass is 334 g/mol. The van der Waals surface area contributed by atoms with Gasteiger partial charge in [0.1, 0.15) is 18.4 Å². The van der Waals surface area contributed by atoms with Crippen molar-refractivity contribution in [2.75, 3.05) is 13.2 Å². The van der Waals surface area contributed by atoms with Gasteiger partial charge in [-0.05, 0) is 31.2 Å². The predicted molar refractivity (Wildman–Crippen MR) is 87.1 cm³/mol. The molecule has 7 nitrogen and oxygen atoms in total. The number of carboxylic acid groups (broad SMARTS) is 1. The van der Waals surface area contributed by atoms with Gasteiger partial charge in [-0.25, -0.2) is 0 Å². The molecule has 130 valence electrons. The lowest BCUT2D eigenvalue weighted by molar-refractivity contribution is -0.384. The third kappa shape index (κ3) is 3.51. The Hall–Kier alpha value is -2.15. The van der Waals surface area contributed by atoms with Gasteiger partial charge in [-0.1, -0.05) is 18.9 Å². The molecule has 1 aliphatic carbocycles. The Morgan fingerprint density at radius 2 is 2.17 bits per heavy atom. The van der Waals surface area contributed by atoms with Gasteiger partial charge in [0.25, 0.3) is 5.69 Å². The maximum absolute atomic E-state index is 11.6. The van der Waals surface area contributed by atoms with Crippen molar-refractivity contribution >= 4 is 11.7 Å². The van der Waals surface area contributed by atoms with Crippen molar-refractivity contribution in [3.63, 3.8) is 0 Å². The maximum atomic E-state index is 11.6. The molecule has 1 N–H and O–H groups in total. The number of rotatable bonds is 6. The van der Waals surface area contributed by atoms with Gasteiger partial charge < -0.3 is 9.84 Å². The van der Waals surface area contributed by atoms with E-state index in [1.165, 1.54) is 18.6 Å². The molecule has 0 bridgehead atoms. The number of benzene rings is 1. The molecule has 2 aliphatic rings. The Morgan fingerprint density at radius 1 is 1.38 bits per heavy atom. The lowest BCUT2D eigenvalue weighted by Crippen LogP contribution is -2.44. The van der Waals surface area contributed by atoms with E-state index in [4.69, 9.17) is 4.74 Å². The van der Waals surface area contributed by atoms with Crippen LogP contribution < -0.4 is 4.74 Å². The van der Waals surface area contributed by atoms with Gasteiger partial charge in [0.2, 0.25) is 0 Å². The normalized spacial score (nSPS) is 26.8. The fourth-order valence-electron chi connectivity index (χ4n) is 4.07. The first-order valence-corrected chi connectivity index (χ1v) is 8.42. The van der Waals surface area contributed by atoms with Crippen LogP contribution in [0.25, 0.3) is 0 Å². The second-order valence-corrected chi connectivity index (χ2v) is 6.54. The largest absolute Gasteiger partial charge is 0.492 e. The number of nitro benzene ring substituents is 1. The van der Waals surface area contributed by atoms with Gasteiger partial charge in [-0.2, -0.15) is 0 Å². The van der Waals surface area contributed by atoms with Crippen LogP contribution in [0.15, 0.2) is 24.3 Å². The van der Waals surface area contributed by atoms with Gasteiger partial charge in [-0.3, -0.25) is 19.8 Å². The van der Waals surface area contributed by atoms with Crippen molar-refractivity contribution < 1.29 is 19.6 Å². The Balaban J connectivity index is 1.61. The molecule has 0 amide bonds. The lowest BCUT2D eigenvalue weighted by Gasteiger charge is -2.32. The van der Waals surface area contributed by atoms with E-state index >= 15 is 0 Å². The van der Waals surface area contributed by atoms with Crippen molar-refractivity contribution in [1.82, 2.24) is 4.90 Å². The summed E-state index contributed by atoms with van der Waals surface area (Å²) >= 11 is 0. The number of nitrogens with zero attached hydrogens (tertiary/aromatic N) is 2. The highest BCUT2D eigenvalue weighted by Gasteiger charge is 2.44. The number of fused-ring (bicyclic) bond motifs is 1. The standard InChI is InChI=1S/C17H22N2O5/c20-17(21)16-10-12-4-1-2-7-15(12)18(16)8-9-24-14-6-3-5-13(11-14)19(22)23/h3,5-6,11-12,15-16H,1-2,4,7-10H2,(H,20,21). The van der Waals surface area contributed by atoms with Gasteiger partial charge in [0.15, 0.2) is 0 Å². The van der Waals surface area contributed by atoms with Gasteiger partial charge in [-0.15, -0.1) is 0 Å². The molecule has 0 radical (unpaired) electrons. The minimum Gasteiger partial charge on any atom is -0.492 e. The third-order valence-corrected chi connectivity index (χ3v) is 5.15. The quantitative estimate of drug-likeness (QED) is 0.635. The van der Waals surface area contributed by atoms with Crippen molar-refractivity contribution in [2.24, 2.45) is 5.92 Å². The highest BCUT2D eigenvalue weighted by Crippen LogP contribution is 2.39. The lowest BCUT2D eigenvalue weighted by atomic mass is 9.85. The van der Waals surface area contributed by atoms with Crippen molar-refractivity contribution in [2.45, 2.75) is 44.2 Å². The van der Waals surface area contributed by atoms with Crippen LogP contribution >= 0.6 is 0 Å². The number of carboxylic acids is 1. The summed E-state index contributed by atoms with van der Waals surface area (Å²) in [6.07, 6.45) is 5.21. The number of non-ortho nitro benzene ring substituents is 1. The van der Waals surface area contributed by atoms with E-state index in [9.17, 15) is 20.0 Å². The molecular weight excluding hydrogens is 312 g/mol. The van der Waals surface area contributed by atoms with E-state index in [1.807, 2.05) is 0 Å². The summed E-state index contributed by atoms with van der Waals surface area (Å²) in [7, 11) is 0. The Kier molecular flexibility index (Phi) is 4.99. The van der Waals surface area contributed by atoms with E-state index in [0.29, 0.717) is 30.9 Å². The van der Waals surface area contributed by atoms with Gasteiger partial charge >= 0.3 is 5.97 Å². The summed E-state index contributed by atoms with van der Waals surface area (Å²) in [5.74, 6) is 0.146. The van der Waals surface area contributed by atoms with E-state index in [2.05, 4.69) is 4.90 Å². The number of aliphatic carboxylic acids is 1. The SMILES string of the molecule is O=C(O)C1CC2CCCCC2N1CCOc1cccc([N+](=O)[O-])c1. The number of carbonyl (C=O) groups is 1. The maximum Gasteiger partial charge on any atom is 0.320 e. The average Bonchev–Trinajstić information content (AvgIpc) is 2.94. The number of nitro groups is 1. The molecule has 1 aromatic rings. The first-order chi connectivity index (χ1) is 11.6. The van der Waals surface area contributed by atoms with Crippen LogP contribution in [-0.2, 0) is 4.79 Å². The van der Waals surface area contributed by atoms with Gasteiger partial charge in [0, 0.05) is 18.7 Å². The number of ether oxygens (including phenoxy) is 1. The molecule has 7 heteroatoms. The Bertz CT molecular complexity index is 621. The topological polar surface area (TPSA) is 92.9 Å². The number of hydrogen-bond donors (Lipinski definition) is 1. The molecule has 2 fully saturated rings. The van der Waals surface area contributed by atoms with Gasteiger partial charge in [0.05, 0.1) is 11.0 Å². The highest BCUT2D eigenvalue weighted by atomic mass is 16.6. The second-order valence-electron chi connectivity index (χ2n) is 6.54. The van der Waals surface area contributed by atoms with Crippen LogP contribution in [0.3, 0.4) is 0 Å². The zero-order valence-corrected chi connectivity index (χ0v) is 13.5. The summed E-state index contributed by atoms with van der Waals surface area (Å²) in [6.45, 7) is 0.856. The zero-order chi connectivity index (χ0) is 17.1. The molecule has 1 heterocycles. The van der Waals surface area contributed by atoms with Crippen molar-refractivity contribution in [1.29, 1.82) is 0 Å². The summed E-state index contributed by atoms with van der Waals surface area (Å²) in [4.78, 5) is 23.9. The van der Waals surface area contributed by atoms with E-state index in [0.717, 1.165) is 25.7 Å². The van der Waals surface area contributed by atoms with Crippen LogP contribution in [0.5, 0.6) is 5.75 Å². The molecule has 24 heavy (non-hydrogen) atoms. The molecule has 1 aliphatic heterocycles. The molecule has 1 saturated carbocycles. The molecule has 3 atom stereocenters. The fraction of sp³-hybridized carbons (Fsp3) is 0.588. The summed E-state index contributed by atoms with van der Waals surface area (Å²) < 4.78 is 5.63. The Morgan fingerprint density at radius 3 is 2.92 bits per heavy atom. The Labute approximate surface area is 140 Å². The first-order valence-electron chi connectivity index (χ1n) is 8.42. The number of likely N-dealkylation sites (tertiary alicyclic amines) is 1. The van der Waals surface area contributed by atoms with Crippen LogP contribution in [0, 0.1) is 16.0 Å². The molecule has 1 saturated heterocycles. The number of hydrogen-bond acceptors (Lipinski definition) is 5. The second kappa shape index (κ2) is 7.17. The molecular formula is C17H22N2O5. The zero-order valence-electron chi connectivity index (χ0n) is 13.5. The minimum atomic E-state index is -0.764. The van der Waals surface area contributed by atoms with E-state index < -0.39 is 16.9 Å². The van der Waals surface area contributed by atoms with E-state index in [-0.39, 0.29) is 5.69 Å². The highest BCUT2D eigenvalue weighted by molar-refractivity contribution is 5.74. The van der Waals surface area contributed by atoms with Crippen LogP contribution in [-0.4, -0.2) is 46.1 Å². The van der Waals surface area contributed by atoms with Crippen LogP contribution in [0.2, 0.25) is 0 Å². The molecule has 3 rings (SSSR count). The molecule has 0 spiro atoms. The third-order valence-electron chi connectivity index (χ3n) is 5.15. The summed E-state index contributed by atoms with van der Waals surface area (Å²) in [6, 6.07) is 5.96.